The highest BCUT2D eigenvalue weighted by Gasteiger charge is 2.37. The van der Waals surface area contributed by atoms with E-state index in [9.17, 15) is 35.9 Å². The molecular formula is C58H70F6N4O8. The molecular weight excluding hydrogens is 995 g/mol. The maximum atomic E-state index is 12.6. The van der Waals surface area contributed by atoms with Crippen molar-refractivity contribution in [2.45, 2.75) is 143 Å². The number of nitrogens with zero attached hydrogens (tertiary/aromatic N) is 4. The van der Waals surface area contributed by atoms with E-state index in [0.29, 0.717) is 49.0 Å². The molecule has 4 aromatic carbocycles. The number of carbonyl (C=O) groups excluding carboxylic acids is 2. The Kier molecular flexibility index (Phi) is 17.6. The Morgan fingerprint density at radius 2 is 0.921 bits per heavy atom. The minimum atomic E-state index is -4.73. The van der Waals surface area contributed by atoms with Gasteiger partial charge < -0.3 is 37.6 Å². The van der Waals surface area contributed by atoms with Crippen molar-refractivity contribution in [3.63, 3.8) is 0 Å². The van der Waals surface area contributed by atoms with Gasteiger partial charge in [0.15, 0.2) is 0 Å². The van der Waals surface area contributed by atoms with E-state index in [2.05, 4.69) is 60.2 Å². The van der Waals surface area contributed by atoms with Gasteiger partial charge in [0.1, 0.15) is 34.6 Å². The summed E-state index contributed by atoms with van der Waals surface area (Å²) in [6, 6.07) is 20.2. The number of hydrogen-bond donors (Lipinski definition) is 0. The number of alkyl halides is 6. The summed E-state index contributed by atoms with van der Waals surface area (Å²) in [5.74, 6) is 3.03. The summed E-state index contributed by atoms with van der Waals surface area (Å²) in [6.07, 6.45) is -0.905. The molecule has 8 rings (SSSR count). The summed E-state index contributed by atoms with van der Waals surface area (Å²) in [4.78, 5) is 33.5. The monoisotopic (exact) mass is 1060 g/mol. The average Bonchev–Trinajstić information content (AvgIpc) is 3.86. The lowest BCUT2D eigenvalue weighted by molar-refractivity contribution is -0.275. The molecule has 2 aliphatic rings. The standard InChI is InChI=1S/2C29H35F3N2O4/c2*1-18-12-21(17-28(2,3)16-18)34-24-15-25(36-4)20(8-11-27(35)37-5)14-23(24)33-26(34)13-19-6-9-22(10-7-19)38-29(30,31)32/h2*6-7,9-10,14-15,18,21H,8,11-13,16-17H2,1-5H3/t2*18-,21+/m10/s1. The number of benzene rings is 4. The van der Waals surface area contributed by atoms with Crippen LogP contribution in [0, 0.1) is 22.7 Å². The molecule has 4 atom stereocenters. The first-order valence-corrected chi connectivity index (χ1v) is 25.7. The number of hydrogen-bond acceptors (Lipinski definition) is 10. The van der Waals surface area contributed by atoms with Crippen LogP contribution in [0.15, 0.2) is 72.8 Å². The first-order valence-electron chi connectivity index (χ1n) is 25.7. The van der Waals surface area contributed by atoms with Gasteiger partial charge in [0.05, 0.1) is 50.5 Å². The van der Waals surface area contributed by atoms with E-state index < -0.39 is 12.7 Å². The zero-order chi connectivity index (χ0) is 55.3. The molecule has 0 unspecified atom stereocenters. The fourth-order valence-electron chi connectivity index (χ4n) is 11.9. The predicted molar refractivity (Wildman–Crippen MR) is 277 cm³/mol. The van der Waals surface area contributed by atoms with Gasteiger partial charge in [-0.3, -0.25) is 9.59 Å². The molecule has 0 spiro atoms. The predicted octanol–water partition coefficient (Wildman–Crippen LogP) is 14.1. The highest BCUT2D eigenvalue weighted by molar-refractivity contribution is 5.81. The van der Waals surface area contributed by atoms with Gasteiger partial charge in [-0.1, -0.05) is 65.8 Å². The van der Waals surface area contributed by atoms with Crippen LogP contribution in [-0.2, 0) is 44.7 Å². The summed E-state index contributed by atoms with van der Waals surface area (Å²) in [5.41, 5.74) is 7.22. The van der Waals surface area contributed by atoms with Gasteiger partial charge in [-0.2, -0.15) is 0 Å². The van der Waals surface area contributed by atoms with E-state index >= 15 is 0 Å². The molecule has 0 saturated heterocycles. The lowest BCUT2D eigenvalue weighted by atomic mass is 9.70. The number of methoxy groups -OCH3 is 4. The van der Waals surface area contributed by atoms with Crippen molar-refractivity contribution < 1.29 is 64.4 Å². The number of halogens is 6. The minimum Gasteiger partial charge on any atom is -0.496 e. The second-order valence-corrected chi connectivity index (χ2v) is 22.1. The first-order chi connectivity index (χ1) is 35.7. The van der Waals surface area contributed by atoms with Crippen LogP contribution in [0.4, 0.5) is 26.3 Å². The topological polar surface area (TPSA) is 125 Å². The Morgan fingerprint density at radius 3 is 1.22 bits per heavy atom. The summed E-state index contributed by atoms with van der Waals surface area (Å²) >= 11 is 0. The number of aromatic nitrogens is 4. The van der Waals surface area contributed by atoms with Crippen LogP contribution in [0.5, 0.6) is 23.0 Å². The third-order valence-electron chi connectivity index (χ3n) is 14.5. The van der Waals surface area contributed by atoms with Gasteiger partial charge in [0.25, 0.3) is 0 Å². The van der Waals surface area contributed by atoms with Crippen LogP contribution in [0.3, 0.4) is 0 Å². The number of aryl methyl sites for hydroxylation is 2. The molecule has 0 N–H and O–H groups in total. The van der Waals surface area contributed by atoms with Crippen molar-refractivity contribution in [2.24, 2.45) is 22.7 Å². The Balaban J connectivity index is 0.000000221. The highest BCUT2D eigenvalue weighted by atomic mass is 19.4. The van der Waals surface area contributed by atoms with E-state index in [0.717, 1.165) is 94.5 Å². The lowest BCUT2D eigenvalue weighted by Gasteiger charge is -2.40. The quantitative estimate of drug-likeness (QED) is 0.0683. The van der Waals surface area contributed by atoms with Crippen molar-refractivity contribution in [3.05, 3.63) is 107 Å². The van der Waals surface area contributed by atoms with Crippen LogP contribution in [0.2, 0.25) is 0 Å². The fourth-order valence-corrected chi connectivity index (χ4v) is 11.9. The molecule has 2 fully saturated rings. The van der Waals surface area contributed by atoms with Gasteiger partial charge in [-0.15, -0.1) is 26.3 Å². The molecule has 2 heterocycles. The van der Waals surface area contributed by atoms with Crippen LogP contribution < -0.4 is 18.9 Å². The van der Waals surface area contributed by atoms with Crippen molar-refractivity contribution in [2.75, 3.05) is 28.4 Å². The van der Waals surface area contributed by atoms with Gasteiger partial charge in [0, 0.05) is 49.9 Å². The molecule has 0 bridgehead atoms. The molecule has 412 valence electrons. The van der Waals surface area contributed by atoms with Crippen molar-refractivity contribution in [1.82, 2.24) is 19.1 Å². The number of esters is 2. The second kappa shape index (κ2) is 23.4. The zero-order valence-electron chi connectivity index (χ0n) is 45.0. The zero-order valence-corrected chi connectivity index (χ0v) is 45.0. The smallest absolute Gasteiger partial charge is 0.496 e. The van der Waals surface area contributed by atoms with Crippen molar-refractivity contribution in [3.8, 4) is 23.0 Å². The normalized spacial score (nSPS) is 19.4. The number of imidazole rings is 2. The number of fused-ring (bicyclic) bond motifs is 2. The Bertz CT molecular complexity index is 2760. The summed E-state index contributed by atoms with van der Waals surface area (Å²) in [7, 11) is 5.96. The minimum absolute atomic E-state index is 0.164. The second-order valence-electron chi connectivity index (χ2n) is 22.1. The molecule has 2 saturated carbocycles. The SMILES string of the molecule is COC(=O)CCc1cc2nc(Cc3ccc(OC(F)(F)F)cc3)n([C@@H]3C[C@H](C)CC(C)(C)C3)c2cc1OC.COC(=O)CCc1cc2nc(Cc3ccc(OC(F)(F)F)cc3)n([C@H]3C[C@@H](C)CC(C)(C)C3)c2cc1OC. The van der Waals surface area contributed by atoms with E-state index in [1.54, 1.807) is 38.5 Å². The number of rotatable bonds is 16. The Hall–Kier alpha value is -6.46. The molecule has 2 aliphatic carbocycles. The molecule has 6 aromatic rings. The molecule has 2 aromatic heterocycles. The molecule has 76 heavy (non-hydrogen) atoms. The maximum absolute atomic E-state index is 12.6. The van der Waals surface area contributed by atoms with E-state index in [4.69, 9.17) is 28.9 Å². The third-order valence-corrected chi connectivity index (χ3v) is 14.5. The largest absolute Gasteiger partial charge is 0.573 e. The average molecular weight is 1070 g/mol. The van der Waals surface area contributed by atoms with E-state index in [1.807, 2.05) is 24.3 Å². The van der Waals surface area contributed by atoms with Crippen LogP contribution in [-0.4, -0.2) is 72.2 Å². The van der Waals surface area contributed by atoms with Crippen LogP contribution in [0.1, 0.15) is 139 Å². The van der Waals surface area contributed by atoms with Gasteiger partial charge in [0.2, 0.25) is 0 Å². The molecule has 0 radical (unpaired) electrons. The summed E-state index contributed by atoms with van der Waals surface area (Å²) in [6.45, 7) is 13.7. The lowest BCUT2D eigenvalue weighted by Crippen LogP contribution is -2.30. The van der Waals surface area contributed by atoms with Crippen molar-refractivity contribution in [1.29, 1.82) is 0 Å². The van der Waals surface area contributed by atoms with Crippen LogP contribution in [0.25, 0.3) is 22.1 Å². The first kappa shape index (κ1) is 57.2. The fraction of sp³-hybridized carbons (Fsp3) is 0.517. The van der Waals surface area contributed by atoms with Gasteiger partial charge in [-0.05, 0) is 133 Å². The Morgan fingerprint density at radius 1 is 0.566 bits per heavy atom. The van der Waals surface area contributed by atoms with E-state index in [-0.39, 0.29) is 59.2 Å². The Labute approximate surface area is 440 Å². The molecule has 0 amide bonds. The molecule has 18 heteroatoms. The maximum Gasteiger partial charge on any atom is 0.573 e. The van der Waals surface area contributed by atoms with E-state index in [1.165, 1.54) is 38.5 Å². The molecule has 12 nitrogen and oxygen atoms in total. The number of ether oxygens (including phenoxy) is 6. The molecule has 0 aliphatic heterocycles. The van der Waals surface area contributed by atoms with Crippen LogP contribution >= 0.6 is 0 Å². The van der Waals surface area contributed by atoms with Crippen molar-refractivity contribution >= 4 is 34.0 Å². The summed E-state index contributed by atoms with van der Waals surface area (Å²) in [5, 5.41) is 0. The third kappa shape index (κ3) is 14.9. The van der Waals surface area contributed by atoms with Gasteiger partial charge >= 0.3 is 24.7 Å². The number of carbonyl (C=O) groups is 2. The van der Waals surface area contributed by atoms with Gasteiger partial charge in [-0.25, -0.2) is 9.97 Å². The highest BCUT2D eigenvalue weighted by Crippen LogP contribution is 2.48. The summed E-state index contributed by atoms with van der Waals surface area (Å²) < 4.78 is 109.